The monoisotopic (exact) mass is 401 g/mol. The number of anilines is 1. The number of hydrogen-bond donors (Lipinski definition) is 1. The maximum Gasteiger partial charge on any atom is 0.269 e. The largest absolute Gasteiger partial charge is 0.493 e. The maximum atomic E-state index is 12.7. The van der Waals surface area contributed by atoms with Gasteiger partial charge in [-0.2, -0.15) is 0 Å². The molecule has 140 valence electrons. The number of thiazole rings is 2. The van der Waals surface area contributed by atoms with E-state index < -0.39 is 0 Å². The predicted molar refractivity (Wildman–Crippen MR) is 107 cm³/mol. The number of aryl methyl sites for hydroxylation is 1. The molecule has 0 aliphatic heterocycles. The summed E-state index contributed by atoms with van der Waals surface area (Å²) in [6.45, 7) is 1.84. The van der Waals surface area contributed by atoms with Crippen molar-refractivity contribution in [2.24, 2.45) is 0 Å². The Morgan fingerprint density at radius 2 is 1.96 bits per heavy atom. The summed E-state index contributed by atoms with van der Waals surface area (Å²) in [5, 5.41) is 6.33. The summed E-state index contributed by atoms with van der Waals surface area (Å²) >= 11 is 2.83. The molecule has 0 bridgehead atoms. The van der Waals surface area contributed by atoms with E-state index in [0.29, 0.717) is 33.1 Å². The minimum atomic E-state index is -0.173. The van der Waals surface area contributed by atoms with Crippen LogP contribution in [0.4, 0.5) is 5.13 Å². The van der Waals surface area contributed by atoms with Gasteiger partial charge in [-0.05, 0) is 38.0 Å². The highest BCUT2D eigenvalue weighted by atomic mass is 32.1. The van der Waals surface area contributed by atoms with Crippen LogP contribution in [0.1, 0.15) is 39.8 Å². The van der Waals surface area contributed by atoms with Crippen molar-refractivity contribution in [1.82, 2.24) is 9.97 Å². The number of hydrogen-bond acceptors (Lipinski definition) is 7. The SMILES string of the molecule is COc1ccc(-c2nc(C)c(C(=O)Nc3nc(C4CC4)cs3)s2)cc1OC. The third kappa shape index (κ3) is 3.68. The summed E-state index contributed by atoms with van der Waals surface area (Å²) < 4.78 is 10.6. The smallest absolute Gasteiger partial charge is 0.269 e. The number of ether oxygens (including phenoxy) is 2. The first-order valence-corrected chi connectivity index (χ1v) is 10.2. The van der Waals surface area contributed by atoms with Crippen LogP contribution in [0, 0.1) is 6.92 Å². The van der Waals surface area contributed by atoms with Crippen LogP contribution in [0.15, 0.2) is 23.6 Å². The van der Waals surface area contributed by atoms with Gasteiger partial charge in [0.15, 0.2) is 16.6 Å². The summed E-state index contributed by atoms with van der Waals surface area (Å²) in [4.78, 5) is 22.3. The number of aromatic nitrogens is 2. The lowest BCUT2D eigenvalue weighted by Crippen LogP contribution is -2.11. The Bertz CT molecular complexity index is 992. The molecule has 1 saturated carbocycles. The molecule has 2 heterocycles. The Kier molecular flexibility index (Phi) is 4.84. The van der Waals surface area contributed by atoms with Gasteiger partial charge < -0.3 is 9.47 Å². The number of nitrogens with zero attached hydrogens (tertiary/aromatic N) is 2. The maximum absolute atomic E-state index is 12.7. The van der Waals surface area contributed by atoms with E-state index in [1.807, 2.05) is 30.5 Å². The van der Waals surface area contributed by atoms with Crippen molar-refractivity contribution in [3.05, 3.63) is 39.8 Å². The van der Waals surface area contributed by atoms with Crippen LogP contribution in [-0.4, -0.2) is 30.1 Å². The van der Waals surface area contributed by atoms with E-state index in [4.69, 9.17) is 9.47 Å². The van der Waals surface area contributed by atoms with E-state index in [0.717, 1.165) is 16.3 Å². The number of benzene rings is 1. The van der Waals surface area contributed by atoms with Gasteiger partial charge in [-0.1, -0.05) is 0 Å². The van der Waals surface area contributed by atoms with Gasteiger partial charge in [-0.25, -0.2) is 9.97 Å². The Morgan fingerprint density at radius 3 is 2.67 bits per heavy atom. The molecule has 0 radical (unpaired) electrons. The van der Waals surface area contributed by atoms with Crippen molar-refractivity contribution in [1.29, 1.82) is 0 Å². The molecular weight excluding hydrogens is 382 g/mol. The van der Waals surface area contributed by atoms with Crippen LogP contribution >= 0.6 is 22.7 Å². The topological polar surface area (TPSA) is 73.3 Å². The van der Waals surface area contributed by atoms with Gasteiger partial charge in [0.1, 0.15) is 9.88 Å². The van der Waals surface area contributed by atoms with Crippen LogP contribution in [0.25, 0.3) is 10.6 Å². The van der Waals surface area contributed by atoms with Crippen LogP contribution in [0.5, 0.6) is 11.5 Å². The third-order valence-electron chi connectivity index (χ3n) is 4.37. The molecule has 1 aliphatic rings. The Balaban J connectivity index is 1.56. The number of carbonyl (C=O) groups is 1. The van der Waals surface area contributed by atoms with E-state index in [1.54, 1.807) is 14.2 Å². The van der Waals surface area contributed by atoms with Gasteiger partial charge in [-0.3, -0.25) is 10.1 Å². The zero-order valence-corrected chi connectivity index (χ0v) is 16.9. The number of amides is 1. The van der Waals surface area contributed by atoms with Crippen molar-refractivity contribution in [2.75, 3.05) is 19.5 Å². The summed E-state index contributed by atoms with van der Waals surface area (Å²) in [5.74, 6) is 1.69. The fourth-order valence-electron chi connectivity index (χ4n) is 2.76. The molecule has 6 nitrogen and oxygen atoms in total. The van der Waals surface area contributed by atoms with Gasteiger partial charge >= 0.3 is 0 Å². The van der Waals surface area contributed by atoms with Crippen molar-refractivity contribution >= 4 is 33.7 Å². The molecule has 27 heavy (non-hydrogen) atoms. The second-order valence-electron chi connectivity index (χ2n) is 6.31. The van der Waals surface area contributed by atoms with E-state index in [9.17, 15) is 4.79 Å². The summed E-state index contributed by atoms with van der Waals surface area (Å²) in [6.07, 6.45) is 2.39. The molecule has 1 fully saturated rings. The fraction of sp³-hybridized carbons (Fsp3) is 0.316. The van der Waals surface area contributed by atoms with E-state index in [1.165, 1.54) is 35.5 Å². The number of nitrogens with one attached hydrogen (secondary N) is 1. The molecule has 0 spiro atoms. The quantitative estimate of drug-likeness (QED) is 0.647. The van der Waals surface area contributed by atoms with E-state index >= 15 is 0 Å². The summed E-state index contributed by atoms with van der Waals surface area (Å²) in [6, 6.07) is 5.60. The fourth-order valence-corrected chi connectivity index (χ4v) is 4.51. The minimum Gasteiger partial charge on any atom is -0.493 e. The highest BCUT2D eigenvalue weighted by molar-refractivity contribution is 7.17. The van der Waals surface area contributed by atoms with Gasteiger partial charge in [0.05, 0.1) is 25.6 Å². The third-order valence-corrected chi connectivity index (χ3v) is 6.35. The first kappa shape index (κ1) is 17.9. The predicted octanol–water partition coefficient (Wildman–Crippen LogP) is 4.72. The summed E-state index contributed by atoms with van der Waals surface area (Å²) in [5.41, 5.74) is 2.66. The first-order chi connectivity index (χ1) is 13.1. The molecule has 3 aromatic rings. The molecule has 4 rings (SSSR count). The molecule has 1 aliphatic carbocycles. The number of methoxy groups -OCH3 is 2. The van der Waals surface area contributed by atoms with Crippen molar-refractivity contribution in [3.8, 4) is 22.1 Å². The lowest BCUT2D eigenvalue weighted by atomic mass is 10.2. The minimum absolute atomic E-state index is 0.173. The van der Waals surface area contributed by atoms with Gasteiger partial charge in [0.25, 0.3) is 5.91 Å². The second-order valence-corrected chi connectivity index (χ2v) is 8.17. The van der Waals surface area contributed by atoms with Crippen LogP contribution in [-0.2, 0) is 0 Å². The van der Waals surface area contributed by atoms with E-state index in [-0.39, 0.29) is 5.91 Å². The molecule has 1 amide bonds. The molecule has 1 N–H and O–H groups in total. The second kappa shape index (κ2) is 7.28. The average molecular weight is 402 g/mol. The molecular formula is C19H19N3O3S2. The van der Waals surface area contributed by atoms with Crippen LogP contribution in [0.3, 0.4) is 0 Å². The molecule has 0 saturated heterocycles. The van der Waals surface area contributed by atoms with Crippen molar-refractivity contribution in [3.63, 3.8) is 0 Å². The Morgan fingerprint density at radius 1 is 1.19 bits per heavy atom. The lowest BCUT2D eigenvalue weighted by Gasteiger charge is -2.08. The van der Waals surface area contributed by atoms with Crippen molar-refractivity contribution in [2.45, 2.75) is 25.7 Å². The molecule has 2 aromatic heterocycles. The Labute approximate surface area is 165 Å². The van der Waals surface area contributed by atoms with E-state index in [2.05, 4.69) is 15.3 Å². The highest BCUT2D eigenvalue weighted by Crippen LogP contribution is 2.41. The average Bonchev–Trinajstić information content (AvgIpc) is 3.30. The standard InChI is InChI=1S/C19H19N3O3S2/c1-10-16(17(23)22-19-21-13(9-26-19)11-4-5-11)27-18(20-10)12-6-7-14(24-2)15(8-12)25-3/h6-9,11H,4-5H2,1-3H3,(H,21,22,23). The van der Waals surface area contributed by atoms with Gasteiger partial charge in [0, 0.05) is 16.9 Å². The van der Waals surface area contributed by atoms with Gasteiger partial charge in [-0.15, -0.1) is 22.7 Å². The Hall–Kier alpha value is -2.45. The zero-order chi connectivity index (χ0) is 19.0. The van der Waals surface area contributed by atoms with Crippen LogP contribution < -0.4 is 14.8 Å². The molecule has 0 unspecified atom stereocenters. The zero-order valence-electron chi connectivity index (χ0n) is 15.2. The first-order valence-electron chi connectivity index (χ1n) is 8.55. The summed E-state index contributed by atoms with van der Waals surface area (Å²) in [7, 11) is 3.19. The highest BCUT2D eigenvalue weighted by Gasteiger charge is 2.26. The number of rotatable bonds is 6. The van der Waals surface area contributed by atoms with Crippen molar-refractivity contribution < 1.29 is 14.3 Å². The van der Waals surface area contributed by atoms with Crippen LogP contribution in [0.2, 0.25) is 0 Å². The number of carbonyl (C=O) groups excluding carboxylic acids is 1. The molecule has 8 heteroatoms. The normalized spacial score (nSPS) is 13.4. The lowest BCUT2D eigenvalue weighted by molar-refractivity contribution is 0.103. The molecule has 1 aromatic carbocycles. The molecule has 0 atom stereocenters. The van der Waals surface area contributed by atoms with Gasteiger partial charge in [0.2, 0.25) is 0 Å².